The normalized spacial score (nSPS) is 20.7. The van der Waals surface area contributed by atoms with E-state index in [-0.39, 0.29) is 29.4 Å². The third kappa shape index (κ3) is 8.02. The van der Waals surface area contributed by atoms with Crippen molar-refractivity contribution in [2.24, 2.45) is 5.92 Å². The quantitative estimate of drug-likeness (QED) is 0.213. The molecule has 0 spiro atoms. The van der Waals surface area contributed by atoms with Gasteiger partial charge in [-0.2, -0.15) is 5.10 Å². The molecule has 12 heteroatoms. The van der Waals surface area contributed by atoms with Crippen LogP contribution in [0.15, 0.2) is 27.3 Å². The lowest BCUT2D eigenvalue weighted by Gasteiger charge is -2.42. The van der Waals surface area contributed by atoms with Crippen molar-refractivity contribution in [2.75, 3.05) is 19.7 Å². The molecule has 2 aliphatic rings. The van der Waals surface area contributed by atoms with Gasteiger partial charge in [-0.25, -0.2) is 14.5 Å². The first kappa shape index (κ1) is 35.4. The first-order valence-electron chi connectivity index (χ1n) is 16.6. The minimum absolute atomic E-state index is 0.00121. The van der Waals surface area contributed by atoms with Crippen LogP contribution in [0.3, 0.4) is 0 Å². The van der Waals surface area contributed by atoms with Crippen LogP contribution >= 0.6 is 27.5 Å². The Hall–Kier alpha value is -1.92. The van der Waals surface area contributed by atoms with E-state index >= 15 is 0 Å². The molecule has 3 atom stereocenters. The number of aromatic nitrogens is 3. The third-order valence-electron chi connectivity index (χ3n) is 9.52. The average molecular weight is 738 g/mol. The average Bonchev–Trinajstić information content (AvgIpc) is 3.62. The lowest BCUT2D eigenvalue weighted by atomic mass is 9.92. The summed E-state index contributed by atoms with van der Waals surface area (Å²) in [5.74, 6) is 1.39. The Kier molecular flexibility index (Phi) is 10.7. The number of carbonyl (C=O) groups excluding carboxylic acids is 1. The second-order valence-electron chi connectivity index (χ2n) is 15.3. The monoisotopic (exact) mass is 736 g/mol. The number of nitrogens with zero attached hydrogens (tertiary/aromatic N) is 4. The van der Waals surface area contributed by atoms with E-state index < -0.39 is 13.9 Å². The first-order valence-corrected chi connectivity index (χ1v) is 20.7. The zero-order valence-electron chi connectivity index (χ0n) is 28.6. The van der Waals surface area contributed by atoms with Crippen LogP contribution in [0.25, 0.3) is 10.9 Å². The summed E-state index contributed by atoms with van der Waals surface area (Å²) in [6, 6.07) is 2.00. The number of aryl methyl sites for hydroxylation is 1. The topological polar surface area (TPSA) is 91.8 Å². The number of ether oxygens (including phenoxy) is 2. The molecule has 5 rings (SSSR count). The van der Waals surface area contributed by atoms with Crippen LogP contribution in [-0.4, -0.2) is 59.4 Å². The molecule has 254 valence electrons. The third-order valence-corrected chi connectivity index (χ3v) is 15.2. The van der Waals surface area contributed by atoms with Crippen LogP contribution in [-0.2, 0) is 26.7 Å². The van der Waals surface area contributed by atoms with Crippen molar-refractivity contribution in [2.45, 2.75) is 123 Å². The molecule has 0 aliphatic carbocycles. The van der Waals surface area contributed by atoms with E-state index in [1.165, 1.54) is 0 Å². The van der Waals surface area contributed by atoms with Gasteiger partial charge >= 0.3 is 6.09 Å². The van der Waals surface area contributed by atoms with E-state index in [4.69, 9.17) is 34.9 Å². The Bertz CT molecular complexity index is 1520. The fourth-order valence-corrected chi connectivity index (χ4v) is 8.35. The van der Waals surface area contributed by atoms with E-state index in [0.717, 1.165) is 65.4 Å². The van der Waals surface area contributed by atoms with Gasteiger partial charge in [-0.05, 0) is 105 Å². The standard InChI is InChI=1S/C34H50BrClN4O5Si/c1-33(2,3)44-32(41)39-16-11-12-22(21-39)30(45-46(7,8)34(4,5)6)31-37-19-23(43-31)14-15-24-26(36)18-27-25(29(24)35)20-38-40(27)28-13-9-10-17-42-28/h18-20,22,28,30H,9-17,21H2,1-8H3/t22-,28?,30?/m1/s1. The molecule has 0 radical (unpaired) electrons. The summed E-state index contributed by atoms with van der Waals surface area (Å²) in [5, 5.41) is 6.35. The van der Waals surface area contributed by atoms with Crippen molar-refractivity contribution < 1.29 is 23.1 Å². The summed E-state index contributed by atoms with van der Waals surface area (Å²) >= 11 is 10.7. The molecule has 0 saturated carbocycles. The smallest absolute Gasteiger partial charge is 0.410 e. The van der Waals surface area contributed by atoms with E-state index in [1.54, 1.807) is 0 Å². The Morgan fingerprint density at radius 3 is 2.57 bits per heavy atom. The van der Waals surface area contributed by atoms with Gasteiger partial charge in [0.2, 0.25) is 5.89 Å². The Morgan fingerprint density at radius 1 is 1.13 bits per heavy atom. The molecule has 4 heterocycles. The number of piperidine rings is 1. The molecule has 2 saturated heterocycles. The van der Waals surface area contributed by atoms with Gasteiger partial charge in [0.1, 0.15) is 17.5 Å². The number of fused-ring (bicyclic) bond motifs is 1. The fraction of sp³-hybridized carbons (Fsp3) is 0.676. The summed E-state index contributed by atoms with van der Waals surface area (Å²) in [7, 11) is -2.21. The first-order chi connectivity index (χ1) is 21.5. The minimum Gasteiger partial charge on any atom is -0.444 e. The van der Waals surface area contributed by atoms with Crippen LogP contribution < -0.4 is 0 Å². The van der Waals surface area contributed by atoms with Crippen LogP contribution in [0.4, 0.5) is 4.79 Å². The summed E-state index contributed by atoms with van der Waals surface area (Å²) in [6.07, 6.45) is 9.22. The molecule has 1 aromatic carbocycles. The molecule has 0 N–H and O–H groups in total. The summed E-state index contributed by atoms with van der Waals surface area (Å²) in [6.45, 7) is 18.8. The van der Waals surface area contributed by atoms with Crippen molar-refractivity contribution in [3.63, 3.8) is 0 Å². The fourth-order valence-electron chi connectivity index (χ4n) is 5.94. The molecule has 46 heavy (non-hydrogen) atoms. The van der Waals surface area contributed by atoms with Crippen molar-refractivity contribution in [1.29, 1.82) is 0 Å². The molecule has 3 aromatic rings. The second-order valence-corrected chi connectivity index (χ2v) is 21.2. The predicted octanol–water partition coefficient (Wildman–Crippen LogP) is 9.63. The number of benzene rings is 1. The maximum atomic E-state index is 13.0. The van der Waals surface area contributed by atoms with Gasteiger partial charge in [0.25, 0.3) is 0 Å². The maximum Gasteiger partial charge on any atom is 0.410 e. The Labute approximate surface area is 287 Å². The molecule has 2 aromatic heterocycles. The number of hydrogen-bond donors (Lipinski definition) is 0. The highest BCUT2D eigenvalue weighted by atomic mass is 79.9. The number of likely N-dealkylation sites (tertiary alicyclic amines) is 1. The van der Waals surface area contributed by atoms with Crippen LogP contribution in [0, 0.1) is 5.92 Å². The van der Waals surface area contributed by atoms with Gasteiger partial charge in [0, 0.05) is 46.9 Å². The number of rotatable bonds is 8. The van der Waals surface area contributed by atoms with Crippen molar-refractivity contribution in [3.8, 4) is 0 Å². The Balaban J connectivity index is 1.35. The lowest BCUT2D eigenvalue weighted by molar-refractivity contribution is -0.0366. The molecular weight excluding hydrogens is 688 g/mol. The molecule has 2 unspecified atom stereocenters. The van der Waals surface area contributed by atoms with E-state index in [0.29, 0.717) is 36.8 Å². The minimum atomic E-state index is -2.21. The van der Waals surface area contributed by atoms with Crippen LogP contribution in [0.2, 0.25) is 23.2 Å². The second kappa shape index (κ2) is 13.9. The van der Waals surface area contributed by atoms with Crippen LogP contribution in [0.5, 0.6) is 0 Å². The highest BCUT2D eigenvalue weighted by Crippen LogP contribution is 2.43. The maximum absolute atomic E-state index is 13.0. The zero-order valence-corrected chi connectivity index (χ0v) is 32.0. The number of hydrogen-bond acceptors (Lipinski definition) is 7. The largest absolute Gasteiger partial charge is 0.444 e. The van der Waals surface area contributed by atoms with Crippen LogP contribution in [0.1, 0.15) is 103 Å². The van der Waals surface area contributed by atoms with E-state index in [2.05, 4.69) is 54.9 Å². The van der Waals surface area contributed by atoms with E-state index in [1.807, 2.05) is 48.8 Å². The van der Waals surface area contributed by atoms with Crippen molar-refractivity contribution in [1.82, 2.24) is 19.7 Å². The van der Waals surface area contributed by atoms with Crippen molar-refractivity contribution in [3.05, 3.63) is 45.2 Å². The van der Waals surface area contributed by atoms with Crippen molar-refractivity contribution >= 4 is 52.8 Å². The van der Waals surface area contributed by atoms with Gasteiger partial charge in [0.15, 0.2) is 14.5 Å². The Morgan fingerprint density at radius 2 is 1.89 bits per heavy atom. The molecule has 2 fully saturated rings. The number of oxazole rings is 1. The molecule has 9 nitrogen and oxygen atoms in total. The highest BCUT2D eigenvalue weighted by molar-refractivity contribution is 9.10. The molecular formula is C34H50BrClN4O5Si. The summed E-state index contributed by atoms with van der Waals surface area (Å²) in [4.78, 5) is 19.6. The van der Waals surface area contributed by atoms with Gasteiger partial charge < -0.3 is 23.2 Å². The zero-order chi connectivity index (χ0) is 33.4. The molecule has 2 aliphatic heterocycles. The van der Waals surface area contributed by atoms with Gasteiger partial charge in [-0.3, -0.25) is 0 Å². The van der Waals surface area contributed by atoms with Gasteiger partial charge in [-0.15, -0.1) is 0 Å². The number of carbonyl (C=O) groups is 1. The van der Waals surface area contributed by atoms with Gasteiger partial charge in [0.05, 0.1) is 17.9 Å². The molecule has 0 bridgehead atoms. The number of halogens is 2. The number of amides is 1. The lowest BCUT2D eigenvalue weighted by Crippen LogP contribution is -2.47. The van der Waals surface area contributed by atoms with E-state index in [9.17, 15) is 4.79 Å². The summed E-state index contributed by atoms with van der Waals surface area (Å²) in [5.41, 5.74) is 1.42. The SMILES string of the molecule is CC(C)(C)OC(=O)N1CCC[C@@H](C(O[Si](C)(C)C(C)(C)C)c2ncc(CCc3c(Cl)cc4c(cnn4C4CCCCO4)c3Br)o2)C1. The summed E-state index contributed by atoms with van der Waals surface area (Å²) < 4.78 is 28.1. The molecule has 1 amide bonds. The highest BCUT2D eigenvalue weighted by Gasteiger charge is 2.44. The predicted molar refractivity (Wildman–Crippen MR) is 187 cm³/mol. The van der Waals surface area contributed by atoms with Gasteiger partial charge in [-0.1, -0.05) is 32.4 Å².